The summed E-state index contributed by atoms with van der Waals surface area (Å²) in [5.41, 5.74) is 2.58. The molecular weight excluding hydrogens is 362 g/mol. The van der Waals surface area contributed by atoms with Gasteiger partial charge in [-0.15, -0.1) is 0 Å². The monoisotopic (exact) mass is 391 g/mol. The maximum absolute atomic E-state index is 12.6. The summed E-state index contributed by atoms with van der Waals surface area (Å²) in [5, 5.41) is 2.95. The van der Waals surface area contributed by atoms with Crippen LogP contribution in [0.3, 0.4) is 0 Å². The zero-order valence-corrected chi connectivity index (χ0v) is 17.2. The minimum atomic E-state index is -0.190. The number of carbonyl (C=O) groups excluding carboxylic acids is 2. The number of benzene rings is 2. The van der Waals surface area contributed by atoms with Gasteiger partial charge in [0.15, 0.2) is 5.78 Å². The van der Waals surface area contributed by atoms with Crippen molar-refractivity contribution in [1.29, 1.82) is 0 Å². The molecule has 0 unspecified atom stereocenters. The fourth-order valence-corrected chi connectivity index (χ4v) is 3.44. The molecule has 2 aromatic carbocycles. The van der Waals surface area contributed by atoms with Gasteiger partial charge in [-0.1, -0.05) is 42.5 Å². The van der Waals surface area contributed by atoms with Gasteiger partial charge in [0.05, 0.1) is 6.04 Å². The average molecular weight is 392 g/mol. The Labute approximate surface area is 173 Å². The Morgan fingerprint density at radius 2 is 1.66 bits per heavy atom. The van der Waals surface area contributed by atoms with E-state index in [-0.39, 0.29) is 17.7 Å². The lowest BCUT2D eigenvalue weighted by Gasteiger charge is -2.37. The van der Waals surface area contributed by atoms with Crippen LogP contribution in [0.25, 0.3) is 6.08 Å². The lowest BCUT2D eigenvalue weighted by Crippen LogP contribution is -2.52. The van der Waals surface area contributed by atoms with Crippen molar-refractivity contribution in [1.82, 2.24) is 9.80 Å². The number of nitrogens with zero attached hydrogens (tertiary/aromatic N) is 2. The minimum absolute atomic E-state index is 0.0157. The molecule has 152 valence electrons. The topological polar surface area (TPSA) is 52.7 Å². The number of nitrogens with one attached hydrogen (secondary N) is 1. The molecule has 0 aromatic heterocycles. The molecule has 5 nitrogen and oxygen atoms in total. The van der Waals surface area contributed by atoms with Crippen molar-refractivity contribution in [3.63, 3.8) is 0 Å². The average Bonchev–Trinajstić information content (AvgIpc) is 2.75. The second-order valence-electron chi connectivity index (χ2n) is 7.45. The third-order valence-electron chi connectivity index (χ3n) is 5.37. The van der Waals surface area contributed by atoms with Gasteiger partial charge in [-0.2, -0.15) is 0 Å². The standard InChI is InChI=1S/C24H29N3O2/c1-19(24(29)25-23-12-10-22(11-13-23)20(2)28)27-17-15-26(16-18-27)14-6-9-21-7-4-3-5-8-21/h3-13,19H,14-18H2,1-2H3,(H,25,29)/b9-6+/t19-/m1/s1. The van der Waals surface area contributed by atoms with Gasteiger partial charge in [0.1, 0.15) is 0 Å². The van der Waals surface area contributed by atoms with E-state index < -0.39 is 0 Å². The summed E-state index contributed by atoms with van der Waals surface area (Å²) in [6.45, 7) is 8.05. The highest BCUT2D eigenvalue weighted by molar-refractivity contribution is 5.97. The molecule has 0 saturated carbocycles. The normalized spacial score (nSPS) is 16.6. The maximum Gasteiger partial charge on any atom is 0.241 e. The van der Waals surface area contributed by atoms with Crippen LogP contribution in [0.5, 0.6) is 0 Å². The van der Waals surface area contributed by atoms with Gasteiger partial charge in [-0.05, 0) is 43.7 Å². The first-order chi connectivity index (χ1) is 14.0. The second kappa shape index (κ2) is 10.1. The predicted molar refractivity (Wildman–Crippen MR) is 118 cm³/mol. The molecule has 5 heteroatoms. The van der Waals surface area contributed by atoms with Crippen LogP contribution in [0.2, 0.25) is 0 Å². The van der Waals surface area contributed by atoms with Gasteiger partial charge in [-0.3, -0.25) is 19.4 Å². The van der Waals surface area contributed by atoms with E-state index in [2.05, 4.69) is 39.4 Å². The van der Waals surface area contributed by atoms with Crippen molar-refractivity contribution in [3.8, 4) is 0 Å². The van der Waals surface area contributed by atoms with E-state index in [0.717, 1.165) is 38.4 Å². The van der Waals surface area contributed by atoms with Gasteiger partial charge >= 0.3 is 0 Å². The number of carbonyl (C=O) groups is 2. The molecule has 1 aliphatic rings. The fraction of sp³-hybridized carbons (Fsp3) is 0.333. The lowest BCUT2D eigenvalue weighted by atomic mass is 10.1. The molecule has 0 bridgehead atoms. The number of ketones is 1. The van der Waals surface area contributed by atoms with Crippen molar-refractivity contribution in [2.45, 2.75) is 19.9 Å². The summed E-state index contributed by atoms with van der Waals surface area (Å²) < 4.78 is 0. The third kappa shape index (κ3) is 6.11. The van der Waals surface area contributed by atoms with Crippen LogP contribution in [0, 0.1) is 0 Å². The first-order valence-electron chi connectivity index (χ1n) is 10.1. The number of amides is 1. The number of hydrogen-bond acceptors (Lipinski definition) is 4. The van der Waals surface area contributed by atoms with Crippen molar-refractivity contribution in [2.24, 2.45) is 0 Å². The molecule has 1 amide bonds. The number of hydrogen-bond donors (Lipinski definition) is 1. The Balaban J connectivity index is 1.44. The molecule has 1 fully saturated rings. The van der Waals surface area contributed by atoms with Gasteiger partial charge in [0.25, 0.3) is 0 Å². The fourth-order valence-electron chi connectivity index (χ4n) is 3.44. The Morgan fingerprint density at radius 1 is 1.00 bits per heavy atom. The summed E-state index contributed by atoms with van der Waals surface area (Å²) >= 11 is 0. The minimum Gasteiger partial charge on any atom is -0.325 e. The lowest BCUT2D eigenvalue weighted by molar-refractivity contribution is -0.121. The molecule has 1 N–H and O–H groups in total. The SMILES string of the molecule is CC(=O)c1ccc(NC(=O)[C@@H](C)N2CCN(C/C=C/c3ccccc3)CC2)cc1. The van der Waals surface area contributed by atoms with Crippen LogP contribution in [-0.4, -0.2) is 60.3 Å². The molecule has 1 saturated heterocycles. The molecule has 2 aromatic rings. The van der Waals surface area contributed by atoms with Crippen LogP contribution < -0.4 is 5.32 Å². The molecular formula is C24H29N3O2. The number of piperazine rings is 1. The quantitative estimate of drug-likeness (QED) is 0.734. The van der Waals surface area contributed by atoms with E-state index in [0.29, 0.717) is 5.56 Å². The zero-order valence-electron chi connectivity index (χ0n) is 17.2. The van der Waals surface area contributed by atoms with E-state index >= 15 is 0 Å². The van der Waals surface area contributed by atoms with Gasteiger partial charge in [0, 0.05) is 44.0 Å². The number of anilines is 1. The third-order valence-corrected chi connectivity index (χ3v) is 5.37. The highest BCUT2D eigenvalue weighted by Gasteiger charge is 2.25. The van der Waals surface area contributed by atoms with Crippen molar-refractivity contribution >= 4 is 23.5 Å². The highest BCUT2D eigenvalue weighted by Crippen LogP contribution is 2.13. The van der Waals surface area contributed by atoms with E-state index in [4.69, 9.17) is 0 Å². The molecule has 0 spiro atoms. The smallest absolute Gasteiger partial charge is 0.241 e. The highest BCUT2D eigenvalue weighted by atomic mass is 16.2. The van der Waals surface area contributed by atoms with E-state index in [1.165, 1.54) is 12.5 Å². The van der Waals surface area contributed by atoms with Gasteiger partial charge < -0.3 is 5.32 Å². The van der Waals surface area contributed by atoms with Crippen LogP contribution in [0.1, 0.15) is 29.8 Å². The summed E-state index contributed by atoms with van der Waals surface area (Å²) in [6.07, 6.45) is 4.35. The van der Waals surface area contributed by atoms with Crippen LogP contribution >= 0.6 is 0 Å². The second-order valence-corrected chi connectivity index (χ2v) is 7.45. The van der Waals surface area contributed by atoms with E-state index in [9.17, 15) is 9.59 Å². The summed E-state index contributed by atoms with van der Waals surface area (Å²) in [6, 6.07) is 17.2. The van der Waals surface area contributed by atoms with Crippen LogP contribution in [0.15, 0.2) is 60.7 Å². The molecule has 29 heavy (non-hydrogen) atoms. The molecule has 1 aliphatic heterocycles. The van der Waals surface area contributed by atoms with Crippen LogP contribution in [0.4, 0.5) is 5.69 Å². The predicted octanol–water partition coefficient (Wildman–Crippen LogP) is 3.55. The first-order valence-corrected chi connectivity index (χ1v) is 10.1. The molecule has 0 aliphatic carbocycles. The largest absolute Gasteiger partial charge is 0.325 e. The van der Waals surface area contributed by atoms with E-state index in [1.807, 2.05) is 25.1 Å². The number of Topliss-reactive ketones (excluding diaryl/α,β-unsaturated/α-hetero) is 1. The van der Waals surface area contributed by atoms with Crippen molar-refractivity contribution in [3.05, 3.63) is 71.8 Å². The molecule has 1 heterocycles. The number of rotatable bonds is 7. The summed E-state index contributed by atoms with van der Waals surface area (Å²) in [7, 11) is 0. The maximum atomic E-state index is 12.6. The Kier molecular flexibility index (Phi) is 7.33. The first kappa shape index (κ1) is 21.0. The van der Waals surface area contributed by atoms with E-state index in [1.54, 1.807) is 24.3 Å². The van der Waals surface area contributed by atoms with Crippen LogP contribution in [-0.2, 0) is 4.79 Å². The molecule has 1 atom stereocenters. The zero-order chi connectivity index (χ0) is 20.6. The Morgan fingerprint density at radius 3 is 2.28 bits per heavy atom. The molecule has 0 radical (unpaired) electrons. The summed E-state index contributed by atoms with van der Waals surface area (Å²) in [5.74, 6) is 0.00530. The Hall–Kier alpha value is -2.76. The summed E-state index contributed by atoms with van der Waals surface area (Å²) in [4.78, 5) is 28.6. The molecule has 3 rings (SSSR count). The Bertz CT molecular complexity index is 838. The van der Waals surface area contributed by atoms with Gasteiger partial charge in [-0.25, -0.2) is 0 Å². The van der Waals surface area contributed by atoms with Crippen molar-refractivity contribution in [2.75, 3.05) is 38.0 Å². The van der Waals surface area contributed by atoms with Crippen molar-refractivity contribution < 1.29 is 9.59 Å². The van der Waals surface area contributed by atoms with Gasteiger partial charge in [0.2, 0.25) is 5.91 Å².